The molecule has 0 aliphatic carbocycles. The molecule has 0 saturated carbocycles. The van der Waals surface area contributed by atoms with Gasteiger partial charge in [0.15, 0.2) is 11.4 Å². The molecule has 2 N–H and O–H groups in total. The highest BCUT2D eigenvalue weighted by atomic mass is 127. The van der Waals surface area contributed by atoms with E-state index in [2.05, 4.69) is 5.10 Å². The van der Waals surface area contributed by atoms with Gasteiger partial charge in [-0.1, -0.05) is 0 Å². The largest absolute Gasteiger partial charge is 0.476 e. The third kappa shape index (κ3) is 2.45. The zero-order valence-corrected chi connectivity index (χ0v) is 9.78. The highest BCUT2D eigenvalue weighted by Crippen LogP contribution is 2.33. The molecule has 9 heteroatoms. The summed E-state index contributed by atoms with van der Waals surface area (Å²) in [5.41, 5.74) is -1.82. The fourth-order valence-corrected chi connectivity index (χ4v) is 2.00. The molecule has 0 aliphatic rings. The van der Waals surface area contributed by atoms with Crippen LogP contribution in [0, 0.1) is 3.57 Å². The molecule has 1 aromatic rings. The summed E-state index contributed by atoms with van der Waals surface area (Å²) in [6.07, 6.45) is -4.71. The van der Waals surface area contributed by atoms with E-state index in [1.165, 1.54) is 22.6 Å². The fraction of sp³-hybridized carbons (Fsp3) is 0.429. The molecule has 0 aromatic carbocycles. The number of aromatic nitrogens is 2. The topological polar surface area (TPSA) is 75.3 Å². The number of nitrogens with zero attached hydrogens (tertiary/aromatic N) is 2. The van der Waals surface area contributed by atoms with Crippen LogP contribution in [0.15, 0.2) is 0 Å². The first-order chi connectivity index (χ1) is 7.29. The maximum Gasteiger partial charge on any atom is 0.436 e. The van der Waals surface area contributed by atoms with Crippen LogP contribution in [0.25, 0.3) is 0 Å². The van der Waals surface area contributed by atoms with Crippen LogP contribution < -0.4 is 0 Å². The number of carbonyl (C=O) groups is 1. The van der Waals surface area contributed by atoms with Crippen molar-refractivity contribution in [1.29, 1.82) is 0 Å². The molecule has 16 heavy (non-hydrogen) atoms. The Morgan fingerprint density at radius 2 is 2.06 bits per heavy atom. The van der Waals surface area contributed by atoms with E-state index >= 15 is 0 Å². The number of hydrogen-bond acceptors (Lipinski definition) is 3. The summed E-state index contributed by atoms with van der Waals surface area (Å²) < 4.78 is 37.4. The van der Waals surface area contributed by atoms with E-state index in [1.54, 1.807) is 0 Å². The minimum absolute atomic E-state index is 0.298. The molecule has 0 unspecified atom stereocenters. The van der Waals surface area contributed by atoms with Crippen LogP contribution in [0.5, 0.6) is 0 Å². The first-order valence-electron chi connectivity index (χ1n) is 3.96. The predicted molar refractivity (Wildman–Crippen MR) is 54.0 cm³/mol. The molecule has 1 aromatic heterocycles. The Labute approximate surface area is 101 Å². The molecular formula is C7H6F3IN2O3. The third-order valence-electron chi connectivity index (χ3n) is 1.68. The molecule has 0 amide bonds. The monoisotopic (exact) mass is 350 g/mol. The van der Waals surface area contributed by atoms with Crippen molar-refractivity contribution >= 4 is 28.6 Å². The number of alkyl halides is 3. The van der Waals surface area contributed by atoms with Crippen molar-refractivity contribution in [3.63, 3.8) is 0 Å². The molecule has 0 atom stereocenters. The summed E-state index contributed by atoms with van der Waals surface area (Å²) in [5.74, 6) is -1.51. The summed E-state index contributed by atoms with van der Waals surface area (Å²) in [4.78, 5) is 10.7. The van der Waals surface area contributed by atoms with Gasteiger partial charge in [0.2, 0.25) is 0 Å². The molecule has 0 aliphatic heterocycles. The average Bonchev–Trinajstić information content (AvgIpc) is 2.42. The fourth-order valence-electron chi connectivity index (χ4n) is 1.08. The van der Waals surface area contributed by atoms with Crippen LogP contribution in [0.1, 0.15) is 16.2 Å². The smallest absolute Gasteiger partial charge is 0.436 e. The van der Waals surface area contributed by atoms with Gasteiger partial charge in [-0.05, 0) is 22.6 Å². The number of carboxylic acids is 1. The molecule has 0 spiro atoms. The molecule has 90 valence electrons. The van der Waals surface area contributed by atoms with Crippen molar-refractivity contribution < 1.29 is 28.2 Å². The number of aliphatic hydroxyl groups excluding tert-OH is 1. The van der Waals surface area contributed by atoms with E-state index in [0.29, 0.717) is 4.68 Å². The van der Waals surface area contributed by atoms with E-state index in [9.17, 15) is 18.0 Å². The van der Waals surface area contributed by atoms with E-state index in [-0.39, 0.29) is 6.54 Å². The Bertz CT molecular complexity index is 416. The van der Waals surface area contributed by atoms with Gasteiger partial charge in [-0.2, -0.15) is 18.3 Å². The first kappa shape index (κ1) is 13.2. The Morgan fingerprint density at radius 3 is 2.44 bits per heavy atom. The SMILES string of the molecule is O=C(O)c1c(I)c(C(F)(F)F)nn1CCO. The van der Waals surface area contributed by atoms with Crippen LogP contribution in [0.4, 0.5) is 13.2 Å². The van der Waals surface area contributed by atoms with Crippen LogP contribution in [-0.4, -0.2) is 32.6 Å². The van der Waals surface area contributed by atoms with Gasteiger partial charge < -0.3 is 10.2 Å². The third-order valence-corrected chi connectivity index (χ3v) is 2.70. The van der Waals surface area contributed by atoms with Gasteiger partial charge in [0.1, 0.15) is 0 Å². The van der Waals surface area contributed by atoms with Crippen molar-refractivity contribution in [1.82, 2.24) is 9.78 Å². The predicted octanol–water partition coefficient (Wildman–Crippen LogP) is 1.20. The van der Waals surface area contributed by atoms with Crippen molar-refractivity contribution in [3.8, 4) is 0 Å². The minimum Gasteiger partial charge on any atom is -0.476 e. The summed E-state index contributed by atoms with van der Waals surface area (Å²) in [6, 6.07) is 0. The van der Waals surface area contributed by atoms with E-state index in [1.807, 2.05) is 0 Å². The van der Waals surface area contributed by atoms with Crippen molar-refractivity contribution in [2.45, 2.75) is 12.7 Å². The second-order valence-corrected chi connectivity index (χ2v) is 3.84. The Hall–Kier alpha value is -0.840. The standard InChI is InChI=1S/C7H6F3IN2O3/c8-7(9,10)5-3(11)4(6(15)16)13(12-5)1-2-14/h14H,1-2H2,(H,15,16). The molecule has 5 nitrogen and oxygen atoms in total. The van der Waals surface area contributed by atoms with Crippen molar-refractivity contribution in [2.24, 2.45) is 0 Å². The molecule has 0 fully saturated rings. The highest BCUT2D eigenvalue weighted by Gasteiger charge is 2.39. The lowest BCUT2D eigenvalue weighted by atomic mass is 10.3. The molecule has 0 saturated heterocycles. The van der Waals surface area contributed by atoms with Crippen LogP contribution in [-0.2, 0) is 12.7 Å². The molecule has 1 heterocycles. The minimum atomic E-state index is -4.71. The van der Waals surface area contributed by atoms with Crippen molar-refractivity contribution in [3.05, 3.63) is 15.0 Å². The summed E-state index contributed by atoms with van der Waals surface area (Å²) in [7, 11) is 0. The molecular weight excluding hydrogens is 344 g/mol. The van der Waals surface area contributed by atoms with Crippen LogP contribution in [0.3, 0.4) is 0 Å². The first-order valence-corrected chi connectivity index (χ1v) is 5.04. The zero-order chi connectivity index (χ0) is 12.5. The average molecular weight is 350 g/mol. The molecule has 1 rings (SSSR count). The molecule has 0 radical (unpaired) electrons. The number of aliphatic hydroxyl groups is 1. The summed E-state index contributed by atoms with van der Waals surface area (Å²) >= 11 is 1.28. The van der Waals surface area contributed by atoms with E-state index < -0.39 is 33.7 Å². The number of halogens is 4. The Balaban J connectivity index is 3.36. The Morgan fingerprint density at radius 1 is 1.50 bits per heavy atom. The lowest BCUT2D eigenvalue weighted by molar-refractivity contribution is -0.142. The van der Waals surface area contributed by atoms with Gasteiger partial charge in [0, 0.05) is 0 Å². The van der Waals surface area contributed by atoms with Gasteiger partial charge in [0.05, 0.1) is 16.7 Å². The van der Waals surface area contributed by atoms with Gasteiger partial charge in [-0.15, -0.1) is 0 Å². The second kappa shape index (κ2) is 4.57. The van der Waals surface area contributed by atoms with E-state index in [4.69, 9.17) is 10.2 Å². The highest BCUT2D eigenvalue weighted by molar-refractivity contribution is 14.1. The molecule has 0 bridgehead atoms. The van der Waals surface area contributed by atoms with Gasteiger partial charge in [-0.3, -0.25) is 4.68 Å². The second-order valence-electron chi connectivity index (χ2n) is 2.76. The van der Waals surface area contributed by atoms with E-state index in [0.717, 1.165) is 0 Å². The number of rotatable bonds is 3. The quantitative estimate of drug-likeness (QED) is 0.804. The van der Waals surface area contributed by atoms with Gasteiger partial charge in [0.25, 0.3) is 0 Å². The van der Waals surface area contributed by atoms with Crippen LogP contribution in [0.2, 0.25) is 0 Å². The summed E-state index contributed by atoms with van der Waals surface area (Å²) in [6.45, 7) is -0.789. The van der Waals surface area contributed by atoms with Crippen LogP contribution >= 0.6 is 22.6 Å². The van der Waals surface area contributed by atoms with Gasteiger partial charge in [-0.25, -0.2) is 4.79 Å². The van der Waals surface area contributed by atoms with Crippen molar-refractivity contribution in [2.75, 3.05) is 6.61 Å². The number of hydrogen-bond donors (Lipinski definition) is 2. The maximum absolute atomic E-state index is 12.4. The maximum atomic E-state index is 12.4. The lowest BCUT2D eigenvalue weighted by Gasteiger charge is -2.01. The Kier molecular flexibility index (Phi) is 3.78. The summed E-state index contributed by atoms with van der Waals surface area (Å²) in [5, 5.41) is 20.5. The lowest BCUT2D eigenvalue weighted by Crippen LogP contribution is -2.13. The van der Waals surface area contributed by atoms with Gasteiger partial charge >= 0.3 is 12.1 Å². The zero-order valence-electron chi connectivity index (χ0n) is 7.62. The normalized spacial score (nSPS) is 11.8. The number of aromatic carboxylic acids is 1. The number of carboxylic acid groups (broad SMARTS) is 1.